The highest BCUT2D eigenvalue weighted by molar-refractivity contribution is 6.10. The molecule has 1 aliphatic heterocycles. The summed E-state index contributed by atoms with van der Waals surface area (Å²) in [5, 5.41) is 21.8. The maximum atomic E-state index is 13.8. The number of carbonyl (C=O) groups is 4. The molecule has 2 aromatic heterocycles. The Balaban J connectivity index is 1.16. The summed E-state index contributed by atoms with van der Waals surface area (Å²) in [5.41, 5.74) is 0.505. The number of benzene rings is 1. The van der Waals surface area contributed by atoms with Crippen LogP contribution in [-0.4, -0.2) is 156 Å². The van der Waals surface area contributed by atoms with E-state index in [0.29, 0.717) is 69.6 Å². The molecule has 1 saturated heterocycles. The van der Waals surface area contributed by atoms with Crippen LogP contribution in [0.25, 0.3) is 5.57 Å². The van der Waals surface area contributed by atoms with Crippen LogP contribution in [0.2, 0.25) is 0 Å². The monoisotopic (exact) mass is 824 g/mol. The number of halogens is 1. The Morgan fingerprint density at radius 1 is 0.898 bits per heavy atom. The number of aromatic nitrogens is 5. The number of nitrogens with zero attached hydrogens (tertiary/aromatic N) is 6. The van der Waals surface area contributed by atoms with Gasteiger partial charge < -0.3 is 49.8 Å². The molecule has 1 fully saturated rings. The zero-order valence-corrected chi connectivity index (χ0v) is 34.8. The molecule has 0 unspecified atom stereocenters. The quantitative estimate of drug-likeness (QED) is 0.0852. The molecule has 4 N–H and O–H groups in total. The van der Waals surface area contributed by atoms with Crippen LogP contribution >= 0.6 is 0 Å². The van der Waals surface area contributed by atoms with Gasteiger partial charge in [-0.3, -0.25) is 19.2 Å². The molecule has 1 aliphatic rings. The van der Waals surface area contributed by atoms with Crippen molar-refractivity contribution in [1.82, 2.24) is 45.4 Å². The van der Waals surface area contributed by atoms with Crippen LogP contribution in [0.1, 0.15) is 73.4 Å². The maximum Gasteiger partial charge on any atom is 0.276 e. The molecule has 4 rings (SSSR count). The lowest BCUT2D eigenvalue weighted by Crippen LogP contribution is -2.62. The summed E-state index contributed by atoms with van der Waals surface area (Å²) < 4.78 is 36.4. The van der Waals surface area contributed by atoms with E-state index in [4.69, 9.17) is 24.4 Å². The molecule has 59 heavy (non-hydrogen) atoms. The molecule has 0 atom stereocenters. The van der Waals surface area contributed by atoms with Crippen LogP contribution in [0.15, 0.2) is 42.7 Å². The first-order chi connectivity index (χ1) is 28.1. The summed E-state index contributed by atoms with van der Waals surface area (Å²) in [6, 6.07) is 5.69. The molecular formula is C40H57FN10O8. The van der Waals surface area contributed by atoms with Gasteiger partial charge in [0, 0.05) is 51.4 Å². The molecule has 3 aromatic rings. The van der Waals surface area contributed by atoms with Gasteiger partial charge in [0.05, 0.1) is 70.3 Å². The summed E-state index contributed by atoms with van der Waals surface area (Å²) in [5.74, 6) is -1.01. The Bertz CT molecular complexity index is 1900. The number of piperazine rings is 1. The molecule has 18 nitrogen and oxygen atoms in total. The minimum Gasteiger partial charge on any atom is -0.379 e. The Morgan fingerprint density at radius 3 is 2.14 bits per heavy atom. The highest BCUT2D eigenvalue weighted by atomic mass is 19.1. The number of nitrogens with one attached hydrogen (secondary N) is 4. The number of rotatable bonds is 22. The van der Waals surface area contributed by atoms with E-state index in [1.165, 1.54) is 23.0 Å². The van der Waals surface area contributed by atoms with E-state index in [2.05, 4.69) is 30.9 Å². The van der Waals surface area contributed by atoms with Gasteiger partial charge in [-0.2, -0.15) is 0 Å². The first kappa shape index (κ1) is 46.3. The first-order valence-electron chi connectivity index (χ1n) is 19.5. The molecule has 0 bridgehead atoms. The van der Waals surface area contributed by atoms with Crippen molar-refractivity contribution in [3.05, 3.63) is 71.3 Å². The van der Waals surface area contributed by atoms with Crippen molar-refractivity contribution in [2.75, 3.05) is 86.1 Å². The average Bonchev–Trinajstić information content (AvgIpc) is 3.87. The molecular weight excluding hydrogens is 767 g/mol. The number of ether oxygens (including phenoxy) is 4. The topological polar surface area (TPSA) is 219 Å². The third-order valence-corrected chi connectivity index (χ3v) is 9.24. The zero-order chi connectivity index (χ0) is 43.0. The van der Waals surface area contributed by atoms with Gasteiger partial charge in [-0.25, -0.2) is 14.1 Å². The van der Waals surface area contributed by atoms with Crippen molar-refractivity contribution in [3.63, 3.8) is 0 Å². The molecule has 0 spiro atoms. The van der Waals surface area contributed by atoms with E-state index >= 15 is 0 Å². The van der Waals surface area contributed by atoms with Crippen molar-refractivity contribution in [2.24, 2.45) is 5.41 Å². The van der Waals surface area contributed by atoms with Crippen molar-refractivity contribution in [3.8, 4) is 0 Å². The predicted octanol–water partition coefficient (Wildman–Crippen LogP) is 2.33. The van der Waals surface area contributed by atoms with Gasteiger partial charge in [0.2, 0.25) is 11.8 Å². The standard InChI is InChI=1S/C40H57FN10O8/c1-39(2,3)30(23-31(42)28-7-9-29(41)10-8-28)36-45-24-32(46-36)38(55)51-14-13-49(27-40(51,4)5)37(54)33-25-50(48-47-33)26-35(53)44-12-16-57-18-20-59-22-21-58-19-17-56-15-11-34(52)43-6/h7-10,23-25,42H,11-22,26-27H2,1-6H3,(H,43,52)(H,44,53)(H,45,46)/b30-23+,42-31?. The van der Waals surface area contributed by atoms with Crippen molar-refractivity contribution >= 4 is 34.9 Å². The molecule has 0 radical (unpaired) electrons. The Kier molecular flexibility index (Phi) is 17.4. The van der Waals surface area contributed by atoms with Crippen LogP contribution in [0.5, 0.6) is 0 Å². The number of carbonyl (C=O) groups excluding carboxylic acids is 4. The van der Waals surface area contributed by atoms with E-state index in [0.717, 1.165) is 0 Å². The van der Waals surface area contributed by atoms with Gasteiger partial charge in [-0.15, -0.1) is 5.10 Å². The van der Waals surface area contributed by atoms with E-state index in [1.807, 2.05) is 34.6 Å². The number of hydrogen-bond acceptors (Lipinski definition) is 12. The van der Waals surface area contributed by atoms with Crippen LogP contribution in [0.3, 0.4) is 0 Å². The van der Waals surface area contributed by atoms with Gasteiger partial charge in [0.25, 0.3) is 11.8 Å². The Labute approximate surface area is 343 Å². The van der Waals surface area contributed by atoms with Gasteiger partial charge in [0.15, 0.2) is 5.69 Å². The largest absolute Gasteiger partial charge is 0.379 e. The van der Waals surface area contributed by atoms with Crippen molar-refractivity contribution < 1.29 is 42.5 Å². The number of aromatic amines is 1. The smallest absolute Gasteiger partial charge is 0.276 e. The van der Waals surface area contributed by atoms with Gasteiger partial charge in [0.1, 0.15) is 23.9 Å². The van der Waals surface area contributed by atoms with Gasteiger partial charge in [-0.05, 0) is 55.2 Å². The minimum atomic E-state index is -0.761. The molecule has 0 saturated carbocycles. The second kappa shape index (κ2) is 22.1. The fourth-order valence-corrected chi connectivity index (χ4v) is 6.06. The molecule has 19 heteroatoms. The van der Waals surface area contributed by atoms with Crippen LogP contribution in [0, 0.1) is 16.6 Å². The summed E-state index contributed by atoms with van der Waals surface area (Å²) in [7, 11) is 1.58. The Morgan fingerprint density at radius 2 is 1.53 bits per heavy atom. The van der Waals surface area contributed by atoms with Crippen molar-refractivity contribution in [1.29, 1.82) is 5.41 Å². The SMILES string of the molecule is CNC(=O)CCOCCOCCOCCOCCNC(=O)Cn1cc(C(=O)N2CCN(C(=O)c3c[nH]c(/C(=C\C(=N)c4ccc(F)cc4)C(C)(C)C)n3)C(C)(C)C2)nn1. The fraction of sp³-hybridized carbons (Fsp3) is 0.550. The van der Waals surface area contributed by atoms with E-state index in [-0.39, 0.29) is 85.9 Å². The van der Waals surface area contributed by atoms with Gasteiger partial charge in [-0.1, -0.05) is 26.0 Å². The number of allylic oxidation sites excluding steroid dienone is 2. The lowest BCUT2D eigenvalue weighted by Gasteiger charge is -2.46. The maximum absolute atomic E-state index is 13.8. The third kappa shape index (κ3) is 14.4. The summed E-state index contributed by atoms with van der Waals surface area (Å²) in [6.45, 7) is 13.5. The predicted molar refractivity (Wildman–Crippen MR) is 215 cm³/mol. The van der Waals surface area contributed by atoms with Crippen molar-refractivity contribution in [2.45, 2.75) is 53.1 Å². The average molecular weight is 825 g/mol. The zero-order valence-electron chi connectivity index (χ0n) is 34.8. The summed E-state index contributed by atoms with van der Waals surface area (Å²) in [4.78, 5) is 61.9. The second-order valence-electron chi connectivity index (χ2n) is 15.4. The van der Waals surface area contributed by atoms with Crippen LogP contribution < -0.4 is 10.6 Å². The molecule has 3 heterocycles. The third-order valence-electron chi connectivity index (χ3n) is 9.24. The molecule has 0 aliphatic carbocycles. The summed E-state index contributed by atoms with van der Waals surface area (Å²) in [6.07, 6.45) is 4.96. The highest BCUT2D eigenvalue weighted by Crippen LogP contribution is 2.33. The molecule has 4 amide bonds. The lowest BCUT2D eigenvalue weighted by atomic mass is 9.84. The normalized spacial score (nSPS) is 14.3. The van der Waals surface area contributed by atoms with Gasteiger partial charge >= 0.3 is 0 Å². The number of imidazole rings is 1. The Hall–Kier alpha value is -5.37. The van der Waals surface area contributed by atoms with Crippen LogP contribution in [0.4, 0.5) is 4.39 Å². The number of H-pyrrole nitrogens is 1. The highest BCUT2D eigenvalue weighted by Gasteiger charge is 2.40. The lowest BCUT2D eigenvalue weighted by molar-refractivity contribution is -0.122. The summed E-state index contributed by atoms with van der Waals surface area (Å²) >= 11 is 0. The van der Waals surface area contributed by atoms with E-state index in [1.54, 1.807) is 41.3 Å². The fourth-order valence-electron chi connectivity index (χ4n) is 6.06. The first-order valence-corrected chi connectivity index (χ1v) is 19.5. The second-order valence-corrected chi connectivity index (χ2v) is 15.4. The minimum absolute atomic E-state index is 0.0698. The molecule has 1 aromatic carbocycles. The van der Waals surface area contributed by atoms with E-state index < -0.39 is 11.0 Å². The molecule has 322 valence electrons. The van der Waals surface area contributed by atoms with Crippen LogP contribution in [-0.2, 0) is 35.1 Å². The van der Waals surface area contributed by atoms with E-state index in [9.17, 15) is 23.6 Å². The number of amides is 4. The number of hydrogen-bond donors (Lipinski definition) is 4.